The molecule has 8 heteroatoms. The van der Waals surface area contributed by atoms with E-state index in [4.69, 9.17) is 14.9 Å². The van der Waals surface area contributed by atoms with Crippen molar-refractivity contribution in [1.82, 2.24) is 14.9 Å². The van der Waals surface area contributed by atoms with Gasteiger partial charge >= 0.3 is 0 Å². The lowest BCUT2D eigenvalue weighted by atomic mass is 9.83. The van der Waals surface area contributed by atoms with Crippen LogP contribution in [-0.2, 0) is 22.5 Å². The van der Waals surface area contributed by atoms with Gasteiger partial charge in [0.2, 0.25) is 11.8 Å². The average Bonchev–Trinajstić information content (AvgIpc) is 3.12. The van der Waals surface area contributed by atoms with Gasteiger partial charge in [-0.25, -0.2) is 4.98 Å². The number of methoxy groups -OCH3 is 1. The van der Waals surface area contributed by atoms with Crippen LogP contribution in [0.1, 0.15) is 30.7 Å². The zero-order chi connectivity index (χ0) is 18.1. The molecule has 0 radical (unpaired) electrons. The van der Waals surface area contributed by atoms with Gasteiger partial charge in [0.15, 0.2) is 0 Å². The molecule has 0 spiro atoms. The van der Waals surface area contributed by atoms with Gasteiger partial charge in [0.25, 0.3) is 0 Å². The van der Waals surface area contributed by atoms with Crippen molar-refractivity contribution in [1.29, 1.82) is 0 Å². The van der Waals surface area contributed by atoms with Crippen LogP contribution in [0.5, 0.6) is 0 Å². The summed E-state index contributed by atoms with van der Waals surface area (Å²) in [5.74, 6) is 1.59. The molecule has 3 atom stereocenters. The molecule has 1 fully saturated rings. The van der Waals surface area contributed by atoms with Gasteiger partial charge in [-0.15, -0.1) is 12.4 Å². The topological polar surface area (TPSA) is 94.5 Å². The van der Waals surface area contributed by atoms with Crippen molar-refractivity contribution in [3.05, 3.63) is 36.0 Å². The molecule has 7 nitrogen and oxygen atoms in total. The number of pyridine rings is 1. The number of nitrogens with two attached hydrogens (primary N) is 1. The summed E-state index contributed by atoms with van der Waals surface area (Å²) in [6.45, 7) is 1.16. The van der Waals surface area contributed by atoms with Gasteiger partial charge < -0.3 is 19.8 Å². The Balaban J connectivity index is 0.00000210. The van der Waals surface area contributed by atoms with E-state index >= 15 is 0 Å². The minimum Gasteiger partial charge on any atom is -0.441 e. The summed E-state index contributed by atoms with van der Waals surface area (Å²) in [6.07, 6.45) is 6.44. The maximum Gasteiger partial charge on any atom is 0.228 e. The fourth-order valence-electron chi connectivity index (χ4n) is 3.91. The maximum absolute atomic E-state index is 13.0. The van der Waals surface area contributed by atoms with Gasteiger partial charge in [-0.1, -0.05) is 0 Å². The molecule has 2 aliphatic rings. The number of hydrogen-bond acceptors (Lipinski definition) is 6. The summed E-state index contributed by atoms with van der Waals surface area (Å²) >= 11 is 0. The lowest BCUT2D eigenvalue weighted by Crippen LogP contribution is -2.47. The van der Waals surface area contributed by atoms with Crippen LogP contribution in [0.25, 0.3) is 11.5 Å². The van der Waals surface area contributed by atoms with Crippen molar-refractivity contribution in [2.45, 2.75) is 44.4 Å². The van der Waals surface area contributed by atoms with Crippen molar-refractivity contribution in [2.24, 2.45) is 11.7 Å². The average molecular weight is 393 g/mol. The Labute approximate surface area is 164 Å². The number of nitrogens with zero attached hydrogens (tertiary/aromatic N) is 3. The number of oxazole rings is 1. The Hall–Kier alpha value is -1.96. The molecule has 2 N–H and O–H groups in total. The number of amides is 1. The minimum atomic E-state index is -0.0396. The first-order valence-electron chi connectivity index (χ1n) is 9.12. The highest BCUT2D eigenvalue weighted by Gasteiger charge is 2.36. The van der Waals surface area contributed by atoms with Gasteiger partial charge in [0.05, 0.1) is 18.2 Å². The number of carbonyl (C=O) groups excluding carboxylic acids is 1. The summed E-state index contributed by atoms with van der Waals surface area (Å²) in [6, 6.07) is 3.80. The van der Waals surface area contributed by atoms with Crippen molar-refractivity contribution < 1.29 is 13.9 Å². The first-order valence-corrected chi connectivity index (χ1v) is 9.12. The number of rotatable bonds is 3. The molecule has 4 rings (SSSR count). The van der Waals surface area contributed by atoms with Crippen molar-refractivity contribution >= 4 is 18.3 Å². The molecule has 0 unspecified atom stereocenters. The minimum absolute atomic E-state index is 0. The molecule has 1 saturated carbocycles. The summed E-state index contributed by atoms with van der Waals surface area (Å²) < 4.78 is 11.3. The van der Waals surface area contributed by atoms with Gasteiger partial charge in [-0.05, 0) is 31.4 Å². The molecule has 2 aromatic heterocycles. The molecule has 27 heavy (non-hydrogen) atoms. The van der Waals surface area contributed by atoms with Gasteiger partial charge in [-0.3, -0.25) is 9.78 Å². The third-order valence-corrected chi connectivity index (χ3v) is 5.44. The number of ether oxygens (including phenoxy) is 1. The predicted octanol–water partition coefficient (Wildman–Crippen LogP) is 2.19. The molecule has 0 saturated heterocycles. The van der Waals surface area contributed by atoms with E-state index in [0.717, 1.165) is 29.9 Å². The first kappa shape index (κ1) is 19.8. The van der Waals surface area contributed by atoms with Crippen molar-refractivity contribution in [3.8, 4) is 11.5 Å². The summed E-state index contributed by atoms with van der Waals surface area (Å²) in [4.78, 5) is 23.6. The monoisotopic (exact) mass is 392 g/mol. The lowest BCUT2D eigenvalue weighted by Gasteiger charge is -2.36. The maximum atomic E-state index is 13.0. The Morgan fingerprint density at radius 2 is 2.26 bits per heavy atom. The lowest BCUT2D eigenvalue weighted by molar-refractivity contribution is -0.139. The predicted molar refractivity (Wildman–Crippen MR) is 102 cm³/mol. The second-order valence-corrected chi connectivity index (χ2v) is 7.09. The third-order valence-electron chi connectivity index (χ3n) is 5.44. The highest BCUT2D eigenvalue weighted by atomic mass is 35.5. The van der Waals surface area contributed by atoms with Crippen LogP contribution < -0.4 is 5.73 Å². The molecular weight excluding hydrogens is 368 g/mol. The van der Waals surface area contributed by atoms with E-state index in [0.29, 0.717) is 31.8 Å². The molecule has 3 heterocycles. The molecule has 1 aliphatic carbocycles. The molecular formula is C19H25ClN4O3. The molecule has 0 aromatic carbocycles. The van der Waals surface area contributed by atoms with Crippen LogP contribution >= 0.6 is 12.4 Å². The van der Waals surface area contributed by atoms with E-state index in [9.17, 15) is 4.79 Å². The molecule has 1 aliphatic heterocycles. The number of halogens is 1. The third kappa shape index (κ3) is 4.00. The molecule has 146 valence electrons. The number of carbonyl (C=O) groups is 1. The number of aromatic nitrogens is 2. The second kappa shape index (κ2) is 8.37. The summed E-state index contributed by atoms with van der Waals surface area (Å²) in [7, 11) is 1.67. The highest BCUT2D eigenvalue weighted by molar-refractivity contribution is 5.85. The van der Waals surface area contributed by atoms with Gasteiger partial charge in [0, 0.05) is 44.4 Å². The Bertz CT molecular complexity index is 783. The van der Waals surface area contributed by atoms with E-state index in [2.05, 4.69) is 9.97 Å². The smallest absolute Gasteiger partial charge is 0.228 e. The van der Waals surface area contributed by atoms with Crippen LogP contribution in [0, 0.1) is 5.92 Å². The number of fused-ring (bicyclic) bond motifs is 1. The van der Waals surface area contributed by atoms with E-state index in [-0.39, 0.29) is 36.4 Å². The molecule has 0 bridgehead atoms. The largest absolute Gasteiger partial charge is 0.441 e. The second-order valence-electron chi connectivity index (χ2n) is 7.09. The van der Waals surface area contributed by atoms with E-state index in [1.807, 2.05) is 17.0 Å². The van der Waals surface area contributed by atoms with Crippen molar-refractivity contribution in [2.75, 3.05) is 13.7 Å². The number of hydrogen-bond donors (Lipinski definition) is 1. The zero-order valence-electron chi connectivity index (χ0n) is 15.3. The van der Waals surface area contributed by atoms with Crippen LogP contribution in [0.3, 0.4) is 0 Å². The SMILES string of the molecule is CO[C@@H]1C[C@@H](C(=O)N2CCc3oc(-c4cccnc4)nc3C2)CC[C@H]1N.Cl. The fraction of sp³-hybridized carbons (Fsp3) is 0.526. The van der Waals surface area contributed by atoms with E-state index < -0.39 is 0 Å². The Morgan fingerprint density at radius 1 is 1.41 bits per heavy atom. The van der Waals surface area contributed by atoms with Crippen LogP contribution in [0.2, 0.25) is 0 Å². The summed E-state index contributed by atoms with van der Waals surface area (Å²) in [5, 5.41) is 0. The normalized spacial score (nSPS) is 24.8. The highest BCUT2D eigenvalue weighted by Crippen LogP contribution is 2.30. The Kier molecular flexibility index (Phi) is 6.14. The van der Waals surface area contributed by atoms with E-state index in [1.54, 1.807) is 19.5 Å². The van der Waals surface area contributed by atoms with Crippen molar-refractivity contribution in [3.63, 3.8) is 0 Å². The quantitative estimate of drug-likeness (QED) is 0.860. The van der Waals surface area contributed by atoms with Gasteiger partial charge in [0.1, 0.15) is 11.5 Å². The Morgan fingerprint density at radius 3 is 3.00 bits per heavy atom. The molecule has 2 aromatic rings. The van der Waals surface area contributed by atoms with Gasteiger partial charge in [-0.2, -0.15) is 0 Å². The fourth-order valence-corrected chi connectivity index (χ4v) is 3.91. The standard InChI is InChI=1S/C19H24N4O3.ClH/c1-25-17-9-12(4-5-14(17)20)19(24)23-8-6-16-15(11-23)22-18(26-16)13-3-2-7-21-10-13;/h2-3,7,10,12,14,17H,4-6,8-9,11,20H2,1H3;1H/t12-,14+,17+;/m0./s1. The van der Waals surface area contributed by atoms with Crippen LogP contribution in [0.4, 0.5) is 0 Å². The zero-order valence-corrected chi connectivity index (χ0v) is 16.2. The molecule has 1 amide bonds. The van der Waals surface area contributed by atoms with Crippen LogP contribution in [-0.4, -0.2) is 46.6 Å². The van der Waals surface area contributed by atoms with Crippen LogP contribution in [0.15, 0.2) is 28.9 Å². The van der Waals surface area contributed by atoms with E-state index in [1.165, 1.54) is 0 Å². The summed E-state index contributed by atoms with van der Waals surface area (Å²) in [5.41, 5.74) is 7.77. The first-order chi connectivity index (χ1) is 12.7.